The lowest BCUT2D eigenvalue weighted by atomic mass is 10.3. The third-order valence-electron chi connectivity index (χ3n) is 1.56. The smallest absolute Gasteiger partial charge is 0.305 e. The van der Waals surface area contributed by atoms with E-state index in [2.05, 4.69) is 9.97 Å². The van der Waals surface area contributed by atoms with Crippen LogP contribution in [0.15, 0.2) is 49.1 Å². The van der Waals surface area contributed by atoms with Gasteiger partial charge in [0.15, 0.2) is 0 Å². The maximum atomic E-state index is 9.93. The fraction of sp³-hybridized carbons (Fsp3) is 0. The summed E-state index contributed by atoms with van der Waals surface area (Å²) in [4.78, 5) is 16.3. The number of nitrogen functional groups attached to an aromatic ring is 1. The van der Waals surface area contributed by atoms with Crippen LogP contribution in [0.25, 0.3) is 0 Å². The zero-order chi connectivity index (χ0) is 11.8. The monoisotopic (exact) mass is 218 g/mol. The Morgan fingerprint density at radius 1 is 1.12 bits per heavy atom. The topological polar surface area (TPSA) is 94.9 Å². The molecule has 0 saturated heterocycles. The van der Waals surface area contributed by atoms with Gasteiger partial charge in [0.1, 0.15) is 18.7 Å². The molecule has 0 aliphatic rings. The second kappa shape index (κ2) is 6.07. The van der Waals surface area contributed by atoms with E-state index < -0.39 is 4.92 Å². The molecule has 6 nitrogen and oxygen atoms in total. The number of hydrogen-bond donors (Lipinski definition) is 1. The van der Waals surface area contributed by atoms with Crippen LogP contribution in [0.1, 0.15) is 0 Å². The zero-order valence-electron chi connectivity index (χ0n) is 8.35. The average Bonchev–Trinajstić information content (AvgIpc) is 2.32. The van der Waals surface area contributed by atoms with E-state index in [1.165, 1.54) is 6.33 Å². The Labute approximate surface area is 91.9 Å². The number of aromatic nitrogens is 2. The van der Waals surface area contributed by atoms with Crippen molar-refractivity contribution in [2.24, 2.45) is 0 Å². The van der Waals surface area contributed by atoms with Crippen molar-refractivity contribution >= 4 is 11.4 Å². The Morgan fingerprint density at radius 3 is 2.00 bits per heavy atom. The summed E-state index contributed by atoms with van der Waals surface area (Å²) < 4.78 is 0. The molecule has 6 heteroatoms. The minimum Gasteiger partial charge on any atom is -0.399 e. The van der Waals surface area contributed by atoms with Gasteiger partial charge in [-0.2, -0.15) is 0 Å². The highest BCUT2D eigenvalue weighted by molar-refractivity contribution is 5.35. The first-order valence-electron chi connectivity index (χ1n) is 4.40. The van der Waals surface area contributed by atoms with Crippen molar-refractivity contribution in [1.29, 1.82) is 0 Å². The molecule has 0 fully saturated rings. The van der Waals surface area contributed by atoms with Crippen molar-refractivity contribution in [3.8, 4) is 0 Å². The van der Waals surface area contributed by atoms with Crippen molar-refractivity contribution in [1.82, 2.24) is 9.97 Å². The Kier molecular flexibility index (Phi) is 4.39. The van der Waals surface area contributed by atoms with Gasteiger partial charge in [-0.3, -0.25) is 10.1 Å². The first-order valence-corrected chi connectivity index (χ1v) is 4.40. The number of hydrogen-bond acceptors (Lipinski definition) is 5. The Bertz CT molecular complexity index is 433. The van der Waals surface area contributed by atoms with Crippen LogP contribution in [0.2, 0.25) is 0 Å². The van der Waals surface area contributed by atoms with Crippen LogP contribution < -0.4 is 5.73 Å². The summed E-state index contributed by atoms with van der Waals surface area (Å²) in [6.45, 7) is 0. The molecule has 0 aliphatic heterocycles. The summed E-state index contributed by atoms with van der Waals surface area (Å²) in [5, 5.41) is 9.93. The normalized spacial score (nSPS) is 8.75. The Morgan fingerprint density at radius 2 is 1.69 bits per heavy atom. The predicted octanol–water partition coefficient (Wildman–Crippen LogP) is 1.65. The molecule has 1 heterocycles. The maximum absolute atomic E-state index is 9.93. The molecule has 2 aromatic rings. The molecule has 2 N–H and O–H groups in total. The standard InChI is InChI=1S/C6H7N.C4H3N3O2/c7-6-4-2-1-3-5-6;8-7(9)4-1-5-3-6-2-4/h1-5H,7H2;1-3H. The van der Waals surface area contributed by atoms with E-state index in [0.29, 0.717) is 0 Å². The summed E-state index contributed by atoms with van der Waals surface area (Å²) in [6.07, 6.45) is 3.53. The van der Waals surface area contributed by atoms with Gasteiger partial charge >= 0.3 is 5.69 Å². The highest BCUT2D eigenvalue weighted by Gasteiger charge is 2.01. The third kappa shape index (κ3) is 4.14. The summed E-state index contributed by atoms with van der Waals surface area (Å²) in [5.74, 6) is 0. The molecule has 1 aromatic carbocycles. The van der Waals surface area contributed by atoms with Gasteiger partial charge in [0.25, 0.3) is 0 Å². The summed E-state index contributed by atoms with van der Waals surface area (Å²) in [5.41, 5.74) is 6.09. The molecule has 0 aliphatic carbocycles. The number of rotatable bonds is 1. The SMILES string of the molecule is Nc1ccccc1.O=[N+]([O-])c1cncnc1. The molecular weight excluding hydrogens is 208 g/mol. The molecule has 2 rings (SSSR count). The fourth-order valence-electron chi connectivity index (χ4n) is 0.839. The van der Waals surface area contributed by atoms with E-state index in [1.807, 2.05) is 30.3 Å². The van der Waals surface area contributed by atoms with Gasteiger partial charge in [-0.05, 0) is 12.1 Å². The number of benzene rings is 1. The van der Waals surface area contributed by atoms with Crippen LogP contribution in [0.4, 0.5) is 11.4 Å². The van der Waals surface area contributed by atoms with Crippen molar-refractivity contribution in [3.05, 3.63) is 59.2 Å². The number of nitrogens with zero attached hydrogens (tertiary/aromatic N) is 3. The molecule has 0 spiro atoms. The molecule has 0 bridgehead atoms. The molecule has 0 amide bonds. The Hall–Kier alpha value is -2.50. The lowest BCUT2D eigenvalue weighted by Crippen LogP contribution is -1.88. The van der Waals surface area contributed by atoms with Crippen LogP contribution >= 0.6 is 0 Å². The molecule has 0 unspecified atom stereocenters. The summed E-state index contributed by atoms with van der Waals surface area (Å²) in [7, 11) is 0. The highest BCUT2D eigenvalue weighted by atomic mass is 16.6. The molecule has 0 atom stereocenters. The predicted molar refractivity (Wildman–Crippen MR) is 59.5 cm³/mol. The zero-order valence-corrected chi connectivity index (χ0v) is 8.35. The first kappa shape index (κ1) is 11.6. The number of nitrogens with two attached hydrogens (primary N) is 1. The number of para-hydroxylation sites is 1. The van der Waals surface area contributed by atoms with E-state index in [-0.39, 0.29) is 5.69 Å². The fourth-order valence-corrected chi connectivity index (χ4v) is 0.839. The van der Waals surface area contributed by atoms with Gasteiger partial charge in [-0.15, -0.1) is 0 Å². The lowest BCUT2D eigenvalue weighted by Gasteiger charge is -1.84. The summed E-state index contributed by atoms with van der Waals surface area (Å²) in [6, 6.07) is 9.49. The molecule has 0 saturated carbocycles. The van der Waals surface area contributed by atoms with E-state index in [9.17, 15) is 10.1 Å². The van der Waals surface area contributed by atoms with Gasteiger partial charge in [-0.1, -0.05) is 18.2 Å². The third-order valence-corrected chi connectivity index (χ3v) is 1.56. The molecule has 82 valence electrons. The minimum atomic E-state index is -0.542. The van der Waals surface area contributed by atoms with E-state index in [4.69, 9.17) is 5.73 Å². The van der Waals surface area contributed by atoms with E-state index in [1.54, 1.807) is 0 Å². The Balaban J connectivity index is 0.000000165. The van der Waals surface area contributed by atoms with Gasteiger partial charge in [0, 0.05) is 5.69 Å². The maximum Gasteiger partial charge on any atom is 0.305 e. The number of anilines is 1. The van der Waals surface area contributed by atoms with Crippen molar-refractivity contribution in [2.75, 3.05) is 5.73 Å². The second-order valence-electron chi connectivity index (χ2n) is 2.76. The van der Waals surface area contributed by atoms with Crippen LogP contribution in [0.5, 0.6) is 0 Å². The summed E-state index contributed by atoms with van der Waals surface area (Å²) >= 11 is 0. The molecule has 1 aromatic heterocycles. The van der Waals surface area contributed by atoms with Crippen LogP contribution in [-0.4, -0.2) is 14.9 Å². The van der Waals surface area contributed by atoms with Crippen molar-refractivity contribution in [2.45, 2.75) is 0 Å². The van der Waals surface area contributed by atoms with Gasteiger partial charge in [0.05, 0.1) is 4.92 Å². The molecule has 0 radical (unpaired) electrons. The second-order valence-corrected chi connectivity index (χ2v) is 2.76. The molecule has 16 heavy (non-hydrogen) atoms. The number of nitro groups is 1. The van der Waals surface area contributed by atoms with E-state index >= 15 is 0 Å². The highest BCUT2D eigenvalue weighted by Crippen LogP contribution is 2.02. The van der Waals surface area contributed by atoms with Gasteiger partial charge in [0.2, 0.25) is 0 Å². The van der Waals surface area contributed by atoms with Gasteiger partial charge in [-0.25, -0.2) is 9.97 Å². The van der Waals surface area contributed by atoms with Crippen LogP contribution in [-0.2, 0) is 0 Å². The van der Waals surface area contributed by atoms with E-state index in [0.717, 1.165) is 18.1 Å². The van der Waals surface area contributed by atoms with Crippen molar-refractivity contribution < 1.29 is 4.92 Å². The molecular formula is C10H10N4O2. The lowest BCUT2D eigenvalue weighted by molar-refractivity contribution is -0.385. The van der Waals surface area contributed by atoms with Gasteiger partial charge < -0.3 is 5.73 Å². The average molecular weight is 218 g/mol. The quantitative estimate of drug-likeness (QED) is 0.446. The first-order chi connectivity index (χ1) is 7.70. The van der Waals surface area contributed by atoms with Crippen molar-refractivity contribution in [3.63, 3.8) is 0 Å². The largest absolute Gasteiger partial charge is 0.399 e. The minimum absolute atomic E-state index is 0.0856. The van der Waals surface area contributed by atoms with Crippen LogP contribution in [0.3, 0.4) is 0 Å². The van der Waals surface area contributed by atoms with Crippen LogP contribution in [0, 0.1) is 10.1 Å².